The maximum absolute atomic E-state index is 5.64. The molecule has 1 aliphatic rings. The number of hydrogen-bond acceptors (Lipinski definition) is 0. The van der Waals surface area contributed by atoms with Gasteiger partial charge in [0.15, 0.2) is 0 Å². The van der Waals surface area contributed by atoms with E-state index in [-0.39, 0.29) is 0 Å². The van der Waals surface area contributed by atoms with Crippen molar-refractivity contribution in [2.24, 2.45) is 5.92 Å². The van der Waals surface area contributed by atoms with Crippen LogP contribution in [0.3, 0.4) is 0 Å². The fourth-order valence-electron chi connectivity index (χ4n) is 0.528. The Morgan fingerprint density at radius 1 is 1.50 bits per heavy atom. The molecule has 1 rings (SSSR count). The summed E-state index contributed by atoms with van der Waals surface area (Å²) in [6, 6.07) is 0. The van der Waals surface area contributed by atoms with Crippen molar-refractivity contribution in [3.05, 3.63) is 6.92 Å². The lowest BCUT2D eigenvalue weighted by Gasteiger charge is -2.27. The van der Waals surface area contributed by atoms with Crippen molar-refractivity contribution in [1.29, 1.82) is 0 Å². The summed E-state index contributed by atoms with van der Waals surface area (Å²) in [5.41, 5.74) is 0. The molecule has 1 heteroatoms. The second-order valence-corrected chi connectivity index (χ2v) is 2.41. The second-order valence-electron chi connectivity index (χ2n) is 1.85. The first kappa shape index (κ1) is 4.45. The van der Waals surface area contributed by atoms with Gasteiger partial charge in [-0.3, -0.25) is 0 Å². The monoisotopic (exact) mass is 103 g/mol. The highest BCUT2D eigenvalue weighted by atomic mass is 35.5. The highest BCUT2D eigenvalue weighted by molar-refractivity contribution is 6.21. The molecule has 0 spiro atoms. The molecule has 0 aromatic rings. The average molecular weight is 104 g/mol. The van der Waals surface area contributed by atoms with E-state index in [1.54, 1.807) is 0 Å². The van der Waals surface area contributed by atoms with Crippen molar-refractivity contribution in [2.75, 3.05) is 0 Å². The first-order valence-electron chi connectivity index (χ1n) is 2.28. The highest BCUT2D eigenvalue weighted by Gasteiger charge is 2.23. The third kappa shape index (κ3) is 0.538. The standard InChI is InChI=1S/C5H8Cl/c1-4-2-3-5(4)6/h4-5H,1-3H2. The van der Waals surface area contributed by atoms with Crippen LogP contribution < -0.4 is 0 Å². The molecule has 35 valence electrons. The molecule has 1 fully saturated rings. The normalized spacial score (nSPS) is 45.0. The fraction of sp³-hybridized carbons (Fsp3) is 0.800. The minimum Gasteiger partial charge on any atom is -0.123 e. The molecule has 1 saturated carbocycles. The van der Waals surface area contributed by atoms with E-state index in [4.69, 9.17) is 11.6 Å². The van der Waals surface area contributed by atoms with Gasteiger partial charge in [0.05, 0.1) is 0 Å². The van der Waals surface area contributed by atoms with Gasteiger partial charge < -0.3 is 0 Å². The third-order valence-corrected chi connectivity index (χ3v) is 1.90. The van der Waals surface area contributed by atoms with Crippen molar-refractivity contribution < 1.29 is 0 Å². The summed E-state index contributed by atoms with van der Waals surface area (Å²) in [6.45, 7) is 3.79. The van der Waals surface area contributed by atoms with Crippen LogP contribution in [0.5, 0.6) is 0 Å². The van der Waals surface area contributed by atoms with Gasteiger partial charge in [-0.15, -0.1) is 11.6 Å². The lowest BCUT2D eigenvalue weighted by atomic mass is 9.87. The predicted octanol–water partition coefficient (Wildman–Crippen LogP) is 1.84. The van der Waals surface area contributed by atoms with Gasteiger partial charge in [0.2, 0.25) is 0 Å². The van der Waals surface area contributed by atoms with E-state index >= 15 is 0 Å². The Labute approximate surface area is 43.5 Å². The van der Waals surface area contributed by atoms with E-state index in [0.29, 0.717) is 11.3 Å². The second kappa shape index (κ2) is 1.42. The van der Waals surface area contributed by atoms with Gasteiger partial charge in [0.25, 0.3) is 0 Å². The quantitative estimate of drug-likeness (QED) is 0.411. The largest absolute Gasteiger partial charge is 0.123 e. The van der Waals surface area contributed by atoms with Crippen LogP contribution in [0.25, 0.3) is 0 Å². The van der Waals surface area contributed by atoms with Crippen LogP contribution in [0.2, 0.25) is 0 Å². The van der Waals surface area contributed by atoms with Gasteiger partial charge in [0, 0.05) is 5.38 Å². The SMILES string of the molecule is [CH2]C1CCC1Cl. The van der Waals surface area contributed by atoms with Crippen LogP contribution in [0.1, 0.15) is 12.8 Å². The lowest BCUT2D eigenvalue weighted by molar-refractivity contribution is 0.394. The molecule has 0 aromatic carbocycles. The van der Waals surface area contributed by atoms with Gasteiger partial charge in [-0.25, -0.2) is 0 Å². The zero-order chi connectivity index (χ0) is 4.57. The summed E-state index contributed by atoms with van der Waals surface area (Å²) in [7, 11) is 0. The third-order valence-electron chi connectivity index (χ3n) is 1.32. The Morgan fingerprint density at radius 2 is 2.00 bits per heavy atom. The first-order chi connectivity index (χ1) is 2.80. The number of rotatable bonds is 0. The van der Waals surface area contributed by atoms with Crippen LogP contribution in [0.4, 0.5) is 0 Å². The van der Waals surface area contributed by atoms with E-state index in [9.17, 15) is 0 Å². The molecule has 1 radical (unpaired) electrons. The molecule has 0 saturated heterocycles. The molecule has 2 atom stereocenters. The molecule has 2 unspecified atom stereocenters. The zero-order valence-electron chi connectivity index (χ0n) is 3.65. The van der Waals surface area contributed by atoms with E-state index in [0.717, 1.165) is 0 Å². The highest BCUT2D eigenvalue weighted by Crippen LogP contribution is 2.30. The maximum atomic E-state index is 5.64. The topological polar surface area (TPSA) is 0 Å². The van der Waals surface area contributed by atoms with E-state index in [1.165, 1.54) is 12.8 Å². The summed E-state index contributed by atoms with van der Waals surface area (Å²) >= 11 is 5.64. The average Bonchev–Trinajstić information content (AvgIpc) is 1.61. The van der Waals surface area contributed by atoms with Gasteiger partial charge in [-0.2, -0.15) is 0 Å². The zero-order valence-corrected chi connectivity index (χ0v) is 4.41. The summed E-state index contributed by atoms with van der Waals surface area (Å²) in [5.74, 6) is 0.548. The molecule has 0 N–H and O–H groups in total. The molecular weight excluding hydrogens is 95.5 g/mol. The molecule has 1 aliphatic carbocycles. The van der Waals surface area contributed by atoms with Gasteiger partial charge >= 0.3 is 0 Å². The predicted molar refractivity (Wildman–Crippen MR) is 27.7 cm³/mol. The summed E-state index contributed by atoms with van der Waals surface area (Å²) in [4.78, 5) is 0. The van der Waals surface area contributed by atoms with Crippen LogP contribution in [-0.4, -0.2) is 5.38 Å². The molecule has 0 aromatic heterocycles. The van der Waals surface area contributed by atoms with Gasteiger partial charge in [0.1, 0.15) is 0 Å². The number of alkyl halides is 1. The van der Waals surface area contributed by atoms with E-state index < -0.39 is 0 Å². The fourth-order valence-corrected chi connectivity index (χ4v) is 0.780. The Bertz CT molecular complexity index is 43.9. The molecule has 0 bridgehead atoms. The van der Waals surface area contributed by atoms with Crippen molar-refractivity contribution in [3.8, 4) is 0 Å². The smallest absolute Gasteiger partial charge is 0.0364 e. The lowest BCUT2D eigenvalue weighted by Crippen LogP contribution is -2.22. The summed E-state index contributed by atoms with van der Waals surface area (Å²) < 4.78 is 0. The van der Waals surface area contributed by atoms with Gasteiger partial charge in [-0.05, 0) is 25.7 Å². The molecular formula is C5H8Cl. The van der Waals surface area contributed by atoms with Crippen LogP contribution in [-0.2, 0) is 0 Å². The Hall–Kier alpha value is 0.290. The van der Waals surface area contributed by atoms with Crippen LogP contribution in [0.15, 0.2) is 0 Å². The van der Waals surface area contributed by atoms with Gasteiger partial charge in [-0.1, -0.05) is 0 Å². The molecule has 0 nitrogen and oxygen atoms in total. The Balaban J connectivity index is 2.20. The number of hydrogen-bond donors (Lipinski definition) is 0. The maximum Gasteiger partial charge on any atom is 0.0364 e. The first-order valence-corrected chi connectivity index (χ1v) is 2.71. The van der Waals surface area contributed by atoms with Crippen molar-refractivity contribution >= 4 is 11.6 Å². The molecule has 0 amide bonds. The number of halogens is 1. The summed E-state index contributed by atoms with van der Waals surface area (Å²) in [6.07, 6.45) is 2.41. The van der Waals surface area contributed by atoms with Crippen molar-refractivity contribution in [3.63, 3.8) is 0 Å². The van der Waals surface area contributed by atoms with E-state index in [2.05, 4.69) is 6.92 Å². The molecule has 0 heterocycles. The minimum atomic E-state index is 0.394. The summed E-state index contributed by atoms with van der Waals surface area (Å²) in [5, 5.41) is 0.394. The Morgan fingerprint density at radius 3 is 2.00 bits per heavy atom. The van der Waals surface area contributed by atoms with Crippen LogP contribution >= 0.6 is 11.6 Å². The molecule has 6 heavy (non-hydrogen) atoms. The van der Waals surface area contributed by atoms with Crippen molar-refractivity contribution in [2.45, 2.75) is 18.2 Å². The van der Waals surface area contributed by atoms with Crippen LogP contribution in [0, 0.1) is 12.8 Å². The van der Waals surface area contributed by atoms with Crippen molar-refractivity contribution in [1.82, 2.24) is 0 Å². The Kier molecular flexibility index (Phi) is 1.05. The minimum absolute atomic E-state index is 0.394. The molecule has 0 aliphatic heterocycles. The van der Waals surface area contributed by atoms with E-state index in [1.807, 2.05) is 0 Å².